The molecule has 1 saturated heterocycles. The number of carbonyl (C=O) groups excluding carboxylic acids is 1. The van der Waals surface area contributed by atoms with E-state index in [2.05, 4.69) is 10.6 Å². The Bertz CT molecular complexity index is 299. The minimum Gasteiger partial charge on any atom is -0.385 e. The standard InChI is InChI=1S/C15H28N2O3/c1-19-11-7-15(5-6-15)12-17-14(18)4-10-20-13-2-8-16-9-3-13/h13,16H,2-12H2,1H3,(H,17,18). The summed E-state index contributed by atoms with van der Waals surface area (Å²) in [6.45, 7) is 4.18. The molecule has 1 saturated carbocycles. The van der Waals surface area contributed by atoms with Crippen LogP contribution in [0.5, 0.6) is 0 Å². The van der Waals surface area contributed by atoms with Crippen molar-refractivity contribution in [3.8, 4) is 0 Å². The SMILES string of the molecule is COCCC1(CNC(=O)CCOC2CCNCC2)CC1. The molecule has 0 bridgehead atoms. The van der Waals surface area contributed by atoms with Crippen molar-refractivity contribution in [1.82, 2.24) is 10.6 Å². The number of nitrogens with one attached hydrogen (secondary N) is 2. The molecule has 1 heterocycles. The summed E-state index contributed by atoms with van der Waals surface area (Å²) in [5.41, 5.74) is 0.321. The molecule has 0 radical (unpaired) electrons. The Morgan fingerprint density at radius 1 is 1.30 bits per heavy atom. The van der Waals surface area contributed by atoms with E-state index in [-0.39, 0.29) is 5.91 Å². The van der Waals surface area contributed by atoms with Crippen molar-refractivity contribution >= 4 is 5.91 Å². The fourth-order valence-electron chi connectivity index (χ4n) is 2.67. The molecule has 116 valence electrons. The predicted molar refractivity (Wildman–Crippen MR) is 77.6 cm³/mol. The zero-order valence-corrected chi connectivity index (χ0v) is 12.6. The third-order valence-electron chi connectivity index (χ3n) is 4.42. The smallest absolute Gasteiger partial charge is 0.222 e. The highest BCUT2D eigenvalue weighted by Crippen LogP contribution is 2.48. The van der Waals surface area contributed by atoms with Gasteiger partial charge in [-0.1, -0.05) is 0 Å². The molecule has 0 spiro atoms. The number of amides is 1. The normalized spacial score (nSPS) is 21.6. The number of methoxy groups -OCH3 is 1. The molecule has 5 nitrogen and oxygen atoms in total. The molecule has 2 aliphatic rings. The van der Waals surface area contributed by atoms with Crippen molar-refractivity contribution in [2.45, 2.75) is 44.6 Å². The van der Waals surface area contributed by atoms with Crippen LogP contribution < -0.4 is 10.6 Å². The highest BCUT2D eigenvalue weighted by molar-refractivity contribution is 5.76. The molecule has 2 fully saturated rings. The van der Waals surface area contributed by atoms with Crippen molar-refractivity contribution in [3.05, 3.63) is 0 Å². The van der Waals surface area contributed by atoms with E-state index in [9.17, 15) is 4.79 Å². The zero-order chi connectivity index (χ0) is 14.3. The van der Waals surface area contributed by atoms with Crippen LogP contribution in [0.25, 0.3) is 0 Å². The molecule has 2 rings (SSSR count). The van der Waals surface area contributed by atoms with Crippen LogP contribution in [0.1, 0.15) is 38.5 Å². The minimum absolute atomic E-state index is 0.114. The van der Waals surface area contributed by atoms with Gasteiger partial charge in [-0.3, -0.25) is 4.79 Å². The molecule has 2 N–H and O–H groups in total. The molecular formula is C15H28N2O3. The van der Waals surface area contributed by atoms with Crippen LogP contribution in [0.15, 0.2) is 0 Å². The van der Waals surface area contributed by atoms with E-state index in [1.54, 1.807) is 7.11 Å². The van der Waals surface area contributed by atoms with E-state index in [4.69, 9.17) is 9.47 Å². The molecule has 0 aromatic heterocycles. The Kier molecular flexibility index (Phi) is 6.26. The quantitative estimate of drug-likeness (QED) is 0.665. The highest BCUT2D eigenvalue weighted by Gasteiger charge is 2.41. The van der Waals surface area contributed by atoms with Crippen LogP contribution in [0.3, 0.4) is 0 Å². The van der Waals surface area contributed by atoms with E-state index in [1.807, 2.05) is 0 Å². The summed E-state index contributed by atoms with van der Waals surface area (Å²) in [5.74, 6) is 0.114. The van der Waals surface area contributed by atoms with Crippen molar-refractivity contribution in [3.63, 3.8) is 0 Å². The topological polar surface area (TPSA) is 59.6 Å². The van der Waals surface area contributed by atoms with Gasteiger partial charge in [-0.15, -0.1) is 0 Å². The van der Waals surface area contributed by atoms with E-state index in [1.165, 1.54) is 12.8 Å². The van der Waals surface area contributed by atoms with Crippen molar-refractivity contribution in [2.24, 2.45) is 5.41 Å². The van der Waals surface area contributed by atoms with Crippen molar-refractivity contribution in [2.75, 3.05) is 40.0 Å². The number of rotatable bonds is 9. The molecular weight excluding hydrogens is 256 g/mol. The van der Waals surface area contributed by atoms with Gasteiger partial charge in [0.05, 0.1) is 12.7 Å². The van der Waals surface area contributed by atoms with Crippen LogP contribution in [-0.2, 0) is 14.3 Å². The van der Waals surface area contributed by atoms with Gasteiger partial charge in [-0.25, -0.2) is 0 Å². The number of hydrogen-bond acceptors (Lipinski definition) is 4. The number of ether oxygens (including phenoxy) is 2. The zero-order valence-electron chi connectivity index (χ0n) is 12.6. The maximum atomic E-state index is 11.8. The summed E-state index contributed by atoms with van der Waals surface area (Å²) in [4.78, 5) is 11.8. The van der Waals surface area contributed by atoms with Gasteiger partial charge in [0.15, 0.2) is 0 Å². The van der Waals surface area contributed by atoms with Crippen molar-refractivity contribution in [1.29, 1.82) is 0 Å². The summed E-state index contributed by atoms with van der Waals surface area (Å²) in [5, 5.41) is 6.35. The largest absolute Gasteiger partial charge is 0.385 e. The first-order chi connectivity index (χ1) is 9.74. The first-order valence-corrected chi connectivity index (χ1v) is 7.82. The fraction of sp³-hybridized carbons (Fsp3) is 0.933. The Morgan fingerprint density at radius 2 is 2.05 bits per heavy atom. The Hall–Kier alpha value is -0.650. The summed E-state index contributed by atoms with van der Waals surface area (Å²) in [6.07, 6.45) is 6.40. The van der Waals surface area contributed by atoms with Crippen LogP contribution >= 0.6 is 0 Å². The second-order valence-corrected chi connectivity index (χ2v) is 6.09. The lowest BCUT2D eigenvalue weighted by Gasteiger charge is -2.23. The van der Waals surface area contributed by atoms with E-state index in [0.717, 1.165) is 45.5 Å². The molecule has 0 aromatic rings. The van der Waals surface area contributed by atoms with Gasteiger partial charge in [0.1, 0.15) is 0 Å². The predicted octanol–water partition coefficient (Wildman–Crippen LogP) is 1.08. The average Bonchev–Trinajstić information content (AvgIpc) is 3.25. The molecule has 1 aliphatic carbocycles. The van der Waals surface area contributed by atoms with Gasteiger partial charge in [0, 0.05) is 26.7 Å². The van der Waals surface area contributed by atoms with Gasteiger partial charge in [0.25, 0.3) is 0 Å². The minimum atomic E-state index is 0.114. The molecule has 0 aromatic carbocycles. The first-order valence-electron chi connectivity index (χ1n) is 7.82. The second kappa shape index (κ2) is 7.96. The lowest BCUT2D eigenvalue weighted by atomic mass is 10.0. The fourth-order valence-corrected chi connectivity index (χ4v) is 2.67. The highest BCUT2D eigenvalue weighted by atomic mass is 16.5. The van der Waals surface area contributed by atoms with Crippen LogP contribution in [0.4, 0.5) is 0 Å². The van der Waals surface area contributed by atoms with Gasteiger partial charge < -0.3 is 20.1 Å². The molecule has 5 heteroatoms. The maximum absolute atomic E-state index is 11.8. The third-order valence-corrected chi connectivity index (χ3v) is 4.42. The van der Waals surface area contributed by atoms with Gasteiger partial charge in [-0.05, 0) is 50.6 Å². The van der Waals surface area contributed by atoms with E-state index >= 15 is 0 Å². The second-order valence-electron chi connectivity index (χ2n) is 6.09. The van der Waals surface area contributed by atoms with Gasteiger partial charge in [0.2, 0.25) is 5.91 Å². The summed E-state index contributed by atoms with van der Waals surface area (Å²) in [6, 6.07) is 0. The third kappa shape index (κ3) is 5.38. The van der Waals surface area contributed by atoms with Gasteiger partial charge >= 0.3 is 0 Å². The average molecular weight is 284 g/mol. The van der Waals surface area contributed by atoms with Crippen LogP contribution in [0.2, 0.25) is 0 Å². The summed E-state index contributed by atoms with van der Waals surface area (Å²) >= 11 is 0. The molecule has 1 amide bonds. The van der Waals surface area contributed by atoms with Crippen LogP contribution in [0, 0.1) is 5.41 Å². The molecule has 20 heavy (non-hydrogen) atoms. The Morgan fingerprint density at radius 3 is 2.70 bits per heavy atom. The van der Waals surface area contributed by atoms with Crippen LogP contribution in [-0.4, -0.2) is 52.0 Å². The van der Waals surface area contributed by atoms with Crippen molar-refractivity contribution < 1.29 is 14.3 Å². The first kappa shape index (κ1) is 15.7. The number of hydrogen-bond donors (Lipinski definition) is 2. The maximum Gasteiger partial charge on any atom is 0.222 e. The number of carbonyl (C=O) groups is 1. The van der Waals surface area contributed by atoms with Gasteiger partial charge in [-0.2, -0.15) is 0 Å². The lowest BCUT2D eigenvalue weighted by Crippen LogP contribution is -2.34. The summed E-state index contributed by atoms with van der Waals surface area (Å²) < 4.78 is 10.9. The molecule has 0 atom stereocenters. The van der Waals surface area contributed by atoms with E-state index in [0.29, 0.717) is 24.5 Å². The Labute approximate surface area is 121 Å². The number of piperidine rings is 1. The van der Waals surface area contributed by atoms with E-state index < -0.39 is 0 Å². The Balaban J connectivity index is 1.52. The monoisotopic (exact) mass is 284 g/mol. The lowest BCUT2D eigenvalue weighted by molar-refractivity contribution is -0.123. The molecule has 0 unspecified atom stereocenters. The summed E-state index contributed by atoms with van der Waals surface area (Å²) in [7, 11) is 1.73. The molecule has 1 aliphatic heterocycles.